The van der Waals surface area contributed by atoms with Crippen molar-refractivity contribution in [2.45, 2.75) is 19.9 Å². The van der Waals surface area contributed by atoms with E-state index in [1.807, 2.05) is 6.92 Å². The Bertz CT molecular complexity index is 492. The molecule has 0 bridgehead atoms. The molecule has 17 heavy (non-hydrogen) atoms. The van der Waals surface area contributed by atoms with Gasteiger partial charge in [0.05, 0.1) is 11.0 Å². The molecule has 0 saturated carbocycles. The zero-order valence-electron chi connectivity index (χ0n) is 10.3. The van der Waals surface area contributed by atoms with Crippen molar-refractivity contribution in [1.29, 1.82) is 0 Å². The molecule has 0 unspecified atom stereocenters. The van der Waals surface area contributed by atoms with Crippen molar-refractivity contribution in [2.24, 2.45) is 0 Å². The third-order valence-electron chi connectivity index (χ3n) is 2.79. The molecule has 0 aliphatic rings. The van der Waals surface area contributed by atoms with Crippen molar-refractivity contribution in [3.8, 4) is 0 Å². The number of H-pyrrole nitrogens is 1. The van der Waals surface area contributed by atoms with Crippen LogP contribution < -0.4 is 0 Å². The van der Waals surface area contributed by atoms with E-state index in [2.05, 4.69) is 40.1 Å². The highest BCUT2D eigenvalue weighted by molar-refractivity contribution is 6.17. The highest BCUT2D eigenvalue weighted by Gasteiger charge is 2.03. The van der Waals surface area contributed by atoms with Crippen molar-refractivity contribution >= 4 is 22.6 Å². The van der Waals surface area contributed by atoms with Crippen LogP contribution in [0.1, 0.15) is 17.8 Å². The summed E-state index contributed by atoms with van der Waals surface area (Å²) in [5, 5.41) is 0. The van der Waals surface area contributed by atoms with Gasteiger partial charge < -0.3 is 9.88 Å². The van der Waals surface area contributed by atoms with E-state index in [0.717, 1.165) is 42.2 Å². The summed E-state index contributed by atoms with van der Waals surface area (Å²) in [7, 11) is 2.12. The smallest absolute Gasteiger partial charge is 0.104 e. The first-order valence-electron chi connectivity index (χ1n) is 5.89. The van der Waals surface area contributed by atoms with Crippen LogP contribution in [0, 0.1) is 6.92 Å². The Morgan fingerprint density at radius 1 is 1.41 bits per heavy atom. The molecule has 1 heterocycles. The van der Waals surface area contributed by atoms with Gasteiger partial charge in [0.1, 0.15) is 5.82 Å². The van der Waals surface area contributed by atoms with E-state index in [1.165, 1.54) is 5.56 Å². The first-order chi connectivity index (χ1) is 8.19. The number of imidazole rings is 1. The monoisotopic (exact) mass is 251 g/mol. The van der Waals surface area contributed by atoms with E-state index in [4.69, 9.17) is 11.6 Å². The van der Waals surface area contributed by atoms with Crippen molar-refractivity contribution in [3.05, 3.63) is 29.6 Å². The molecule has 2 aromatic rings. The zero-order valence-corrected chi connectivity index (χ0v) is 11.1. The van der Waals surface area contributed by atoms with E-state index < -0.39 is 0 Å². The number of benzene rings is 1. The quantitative estimate of drug-likeness (QED) is 0.829. The van der Waals surface area contributed by atoms with E-state index in [-0.39, 0.29) is 0 Å². The topological polar surface area (TPSA) is 31.9 Å². The summed E-state index contributed by atoms with van der Waals surface area (Å²) in [5.74, 6) is 1.69. The van der Waals surface area contributed by atoms with Crippen LogP contribution in [0.2, 0.25) is 0 Å². The Morgan fingerprint density at radius 3 is 3.00 bits per heavy atom. The lowest BCUT2D eigenvalue weighted by atomic mass is 10.2. The summed E-state index contributed by atoms with van der Waals surface area (Å²) in [4.78, 5) is 9.95. The Morgan fingerprint density at radius 2 is 2.24 bits per heavy atom. The third kappa shape index (κ3) is 3.20. The summed E-state index contributed by atoms with van der Waals surface area (Å²) in [6.07, 6.45) is 1.03. The van der Waals surface area contributed by atoms with Gasteiger partial charge in [-0.25, -0.2) is 4.98 Å². The predicted octanol–water partition coefficient (Wildman–Crippen LogP) is 2.93. The van der Waals surface area contributed by atoms with Gasteiger partial charge in [0.25, 0.3) is 0 Å². The van der Waals surface area contributed by atoms with E-state index in [0.29, 0.717) is 0 Å². The van der Waals surface area contributed by atoms with Gasteiger partial charge in [-0.1, -0.05) is 6.07 Å². The Labute approximate surface area is 107 Å². The van der Waals surface area contributed by atoms with Crippen molar-refractivity contribution in [2.75, 3.05) is 19.5 Å². The second kappa shape index (κ2) is 5.52. The molecular formula is C13H18ClN3. The van der Waals surface area contributed by atoms with Crippen LogP contribution in [0.25, 0.3) is 11.0 Å². The summed E-state index contributed by atoms with van der Waals surface area (Å²) in [6.45, 7) is 3.96. The van der Waals surface area contributed by atoms with Gasteiger partial charge in [-0.05, 0) is 44.6 Å². The molecule has 0 radical (unpaired) electrons. The fraction of sp³-hybridized carbons (Fsp3) is 0.462. The van der Waals surface area contributed by atoms with Gasteiger partial charge in [0.15, 0.2) is 0 Å². The molecular weight excluding hydrogens is 234 g/mol. The number of aromatic amines is 1. The van der Waals surface area contributed by atoms with E-state index in [9.17, 15) is 0 Å². The minimum absolute atomic E-state index is 0.725. The molecule has 1 aromatic carbocycles. The number of halogens is 1. The molecule has 4 heteroatoms. The maximum absolute atomic E-state index is 5.69. The first-order valence-corrected chi connectivity index (χ1v) is 6.42. The first kappa shape index (κ1) is 12.4. The van der Waals surface area contributed by atoms with Gasteiger partial charge in [-0.2, -0.15) is 0 Å². The molecule has 3 nitrogen and oxygen atoms in total. The van der Waals surface area contributed by atoms with E-state index >= 15 is 0 Å². The Hall–Kier alpha value is -1.06. The summed E-state index contributed by atoms with van der Waals surface area (Å²) < 4.78 is 0. The standard InChI is InChI=1S/C13H18ClN3/c1-10-15-12-5-4-11(8-13(12)16-10)9-17(2)7-3-6-14/h4-5,8H,3,6-7,9H2,1-2H3,(H,15,16). The summed E-state index contributed by atoms with van der Waals surface area (Å²) >= 11 is 5.69. The number of rotatable bonds is 5. The van der Waals surface area contributed by atoms with Gasteiger partial charge >= 0.3 is 0 Å². The molecule has 0 atom stereocenters. The molecule has 0 aliphatic carbocycles. The molecule has 1 N–H and O–H groups in total. The van der Waals surface area contributed by atoms with Crippen LogP contribution in [-0.4, -0.2) is 34.3 Å². The van der Waals surface area contributed by atoms with Crippen molar-refractivity contribution in [1.82, 2.24) is 14.9 Å². The predicted molar refractivity (Wildman–Crippen MR) is 72.5 cm³/mol. The SMILES string of the molecule is Cc1nc2ccc(CN(C)CCCCl)cc2[nH]1. The highest BCUT2D eigenvalue weighted by Crippen LogP contribution is 2.14. The molecule has 0 amide bonds. The van der Waals surface area contributed by atoms with Gasteiger partial charge in [-0.3, -0.25) is 0 Å². The molecule has 2 rings (SSSR count). The molecule has 0 saturated heterocycles. The number of hydrogen-bond donors (Lipinski definition) is 1. The number of fused-ring (bicyclic) bond motifs is 1. The van der Waals surface area contributed by atoms with Crippen LogP contribution in [0.3, 0.4) is 0 Å². The summed E-state index contributed by atoms with van der Waals surface area (Å²) in [6, 6.07) is 6.38. The van der Waals surface area contributed by atoms with Gasteiger partial charge in [-0.15, -0.1) is 11.6 Å². The maximum Gasteiger partial charge on any atom is 0.104 e. The average Bonchev–Trinajstić information content (AvgIpc) is 2.65. The van der Waals surface area contributed by atoms with Crippen LogP contribution in [0.15, 0.2) is 18.2 Å². The van der Waals surface area contributed by atoms with Crippen LogP contribution in [-0.2, 0) is 6.54 Å². The fourth-order valence-electron chi connectivity index (χ4n) is 2.00. The summed E-state index contributed by atoms with van der Waals surface area (Å²) in [5.41, 5.74) is 3.46. The number of nitrogens with one attached hydrogen (secondary N) is 1. The molecule has 0 spiro atoms. The second-order valence-corrected chi connectivity index (χ2v) is 4.83. The number of nitrogens with zero attached hydrogens (tertiary/aromatic N) is 2. The maximum atomic E-state index is 5.69. The molecule has 1 aromatic heterocycles. The molecule has 0 aliphatic heterocycles. The number of aromatic nitrogens is 2. The Kier molecular flexibility index (Phi) is 4.02. The fourth-order valence-corrected chi connectivity index (χ4v) is 2.12. The number of hydrogen-bond acceptors (Lipinski definition) is 2. The average molecular weight is 252 g/mol. The van der Waals surface area contributed by atoms with E-state index in [1.54, 1.807) is 0 Å². The van der Waals surface area contributed by atoms with Gasteiger partial charge in [0.2, 0.25) is 0 Å². The lowest BCUT2D eigenvalue weighted by Crippen LogP contribution is -2.19. The normalized spacial score (nSPS) is 11.5. The van der Waals surface area contributed by atoms with Crippen molar-refractivity contribution < 1.29 is 0 Å². The minimum atomic E-state index is 0.725. The minimum Gasteiger partial charge on any atom is -0.342 e. The van der Waals surface area contributed by atoms with Crippen molar-refractivity contribution in [3.63, 3.8) is 0 Å². The molecule has 92 valence electrons. The zero-order chi connectivity index (χ0) is 12.3. The third-order valence-corrected chi connectivity index (χ3v) is 3.06. The lowest BCUT2D eigenvalue weighted by Gasteiger charge is -2.15. The van der Waals surface area contributed by atoms with Crippen LogP contribution >= 0.6 is 11.6 Å². The molecule has 0 fully saturated rings. The number of alkyl halides is 1. The van der Waals surface area contributed by atoms with Crippen LogP contribution in [0.4, 0.5) is 0 Å². The van der Waals surface area contributed by atoms with Gasteiger partial charge in [0, 0.05) is 12.4 Å². The Balaban J connectivity index is 2.08. The number of aryl methyl sites for hydroxylation is 1. The lowest BCUT2D eigenvalue weighted by molar-refractivity contribution is 0.328. The highest BCUT2D eigenvalue weighted by atomic mass is 35.5. The second-order valence-electron chi connectivity index (χ2n) is 4.45. The van der Waals surface area contributed by atoms with Crippen LogP contribution in [0.5, 0.6) is 0 Å². The largest absolute Gasteiger partial charge is 0.342 e.